The molecule has 0 saturated heterocycles. The van der Waals surface area contributed by atoms with Crippen molar-refractivity contribution in [1.82, 2.24) is 20.1 Å². The first-order valence-corrected chi connectivity index (χ1v) is 10.1. The molecule has 30 heavy (non-hydrogen) atoms. The van der Waals surface area contributed by atoms with Crippen LogP contribution in [-0.2, 0) is 17.9 Å². The second kappa shape index (κ2) is 9.00. The van der Waals surface area contributed by atoms with Crippen molar-refractivity contribution in [1.29, 1.82) is 0 Å². The first-order chi connectivity index (χ1) is 14.6. The number of carbonyl (C=O) groups excluding carboxylic acids is 1. The molecule has 1 aliphatic rings. The van der Waals surface area contributed by atoms with Crippen molar-refractivity contribution < 1.29 is 19.0 Å². The molecular weight excluding hydrogens is 404 g/mol. The standard InChI is InChI=1S/C21H22N4O4S/c1-2-27-16-6-4-15(5-7-16)20-23-24-21(30)25(20)10-9-19(26)22-12-14-3-8-17-18(11-14)29-13-28-17/h3-8,11H,2,9-10,12-13H2,1H3,(H,22,26)(H,24,30). The quantitative estimate of drug-likeness (QED) is 0.536. The van der Waals surface area contributed by atoms with Gasteiger partial charge < -0.3 is 19.5 Å². The van der Waals surface area contributed by atoms with Crippen LogP contribution in [0.5, 0.6) is 17.2 Å². The molecule has 4 rings (SSSR count). The van der Waals surface area contributed by atoms with Crippen molar-refractivity contribution in [3.05, 3.63) is 52.8 Å². The summed E-state index contributed by atoms with van der Waals surface area (Å²) in [5.74, 6) is 2.83. The van der Waals surface area contributed by atoms with E-state index in [9.17, 15) is 4.79 Å². The fourth-order valence-electron chi connectivity index (χ4n) is 3.17. The molecule has 0 bridgehead atoms. The highest BCUT2D eigenvalue weighted by atomic mass is 32.1. The summed E-state index contributed by atoms with van der Waals surface area (Å²) in [5.41, 5.74) is 1.84. The van der Waals surface area contributed by atoms with Crippen LogP contribution in [0.2, 0.25) is 0 Å². The molecule has 0 radical (unpaired) electrons. The van der Waals surface area contributed by atoms with Crippen LogP contribution in [0.1, 0.15) is 18.9 Å². The lowest BCUT2D eigenvalue weighted by Crippen LogP contribution is -2.24. The van der Waals surface area contributed by atoms with Crippen LogP contribution in [0.4, 0.5) is 0 Å². The molecule has 2 N–H and O–H groups in total. The summed E-state index contributed by atoms with van der Waals surface area (Å²) in [7, 11) is 0. The molecule has 1 aromatic heterocycles. The van der Waals surface area contributed by atoms with Crippen molar-refractivity contribution in [3.8, 4) is 28.6 Å². The Bertz CT molecular complexity index is 1090. The minimum atomic E-state index is -0.0755. The predicted molar refractivity (Wildman–Crippen MR) is 113 cm³/mol. The zero-order valence-electron chi connectivity index (χ0n) is 16.5. The largest absolute Gasteiger partial charge is 0.494 e. The number of nitrogens with zero attached hydrogens (tertiary/aromatic N) is 2. The summed E-state index contributed by atoms with van der Waals surface area (Å²) in [6.45, 7) is 3.62. The van der Waals surface area contributed by atoms with Gasteiger partial charge in [0, 0.05) is 25.1 Å². The number of amides is 1. The third kappa shape index (κ3) is 4.46. The number of nitrogens with one attached hydrogen (secondary N) is 2. The number of benzene rings is 2. The van der Waals surface area contributed by atoms with E-state index in [2.05, 4.69) is 15.5 Å². The molecule has 1 amide bonds. The third-order valence-corrected chi connectivity index (χ3v) is 4.98. The number of H-pyrrole nitrogens is 1. The zero-order valence-corrected chi connectivity index (χ0v) is 17.3. The molecule has 2 heterocycles. The average Bonchev–Trinajstić information content (AvgIpc) is 3.37. The topological polar surface area (TPSA) is 90.4 Å². The van der Waals surface area contributed by atoms with Crippen molar-refractivity contribution in [2.45, 2.75) is 26.4 Å². The second-order valence-corrected chi connectivity index (χ2v) is 7.06. The van der Waals surface area contributed by atoms with E-state index in [1.165, 1.54) is 0 Å². The molecule has 0 fully saturated rings. The lowest BCUT2D eigenvalue weighted by Gasteiger charge is -2.09. The molecule has 156 valence electrons. The van der Waals surface area contributed by atoms with Gasteiger partial charge in [0.2, 0.25) is 12.7 Å². The normalized spacial score (nSPS) is 12.0. The van der Waals surface area contributed by atoms with Gasteiger partial charge in [-0.3, -0.25) is 14.5 Å². The molecule has 1 aliphatic heterocycles. The second-order valence-electron chi connectivity index (χ2n) is 6.68. The van der Waals surface area contributed by atoms with Crippen LogP contribution < -0.4 is 19.5 Å². The van der Waals surface area contributed by atoms with Gasteiger partial charge >= 0.3 is 0 Å². The van der Waals surface area contributed by atoms with E-state index in [1.54, 1.807) is 0 Å². The summed E-state index contributed by atoms with van der Waals surface area (Å²) in [5, 5.41) is 10.0. The Morgan fingerprint density at radius 1 is 1.23 bits per heavy atom. The lowest BCUT2D eigenvalue weighted by molar-refractivity contribution is -0.121. The molecule has 0 aliphatic carbocycles. The van der Waals surface area contributed by atoms with Crippen molar-refractivity contribution >= 4 is 18.1 Å². The minimum Gasteiger partial charge on any atom is -0.494 e. The molecule has 8 nitrogen and oxygen atoms in total. The van der Waals surface area contributed by atoms with E-state index < -0.39 is 0 Å². The number of carbonyl (C=O) groups is 1. The van der Waals surface area contributed by atoms with Gasteiger partial charge in [0.25, 0.3) is 0 Å². The van der Waals surface area contributed by atoms with Crippen molar-refractivity contribution in [2.24, 2.45) is 0 Å². The number of fused-ring (bicyclic) bond motifs is 1. The van der Waals surface area contributed by atoms with Gasteiger partial charge in [-0.2, -0.15) is 5.10 Å². The lowest BCUT2D eigenvalue weighted by atomic mass is 10.2. The number of aromatic nitrogens is 3. The Hall–Kier alpha value is -3.33. The van der Waals surface area contributed by atoms with Gasteiger partial charge in [-0.15, -0.1) is 0 Å². The summed E-state index contributed by atoms with van der Waals surface area (Å²) < 4.78 is 18.4. The Morgan fingerprint density at radius 3 is 2.83 bits per heavy atom. The van der Waals surface area contributed by atoms with Crippen molar-refractivity contribution in [2.75, 3.05) is 13.4 Å². The van der Waals surface area contributed by atoms with Crippen LogP contribution in [0, 0.1) is 4.77 Å². The number of rotatable bonds is 8. The highest BCUT2D eigenvalue weighted by Gasteiger charge is 2.14. The van der Waals surface area contributed by atoms with E-state index in [4.69, 9.17) is 26.4 Å². The fourth-order valence-corrected chi connectivity index (χ4v) is 3.39. The highest BCUT2D eigenvalue weighted by molar-refractivity contribution is 7.71. The molecule has 0 unspecified atom stereocenters. The summed E-state index contributed by atoms with van der Waals surface area (Å²) in [6, 6.07) is 13.2. The first-order valence-electron chi connectivity index (χ1n) is 9.67. The predicted octanol–water partition coefficient (Wildman–Crippen LogP) is 3.44. The molecular formula is C21H22N4O4S. The summed E-state index contributed by atoms with van der Waals surface area (Å²) in [6.07, 6.45) is 0.280. The number of hydrogen-bond donors (Lipinski definition) is 2. The maximum atomic E-state index is 12.4. The Balaban J connectivity index is 1.36. The van der Waals surface area contributed by atoms with Crippen LogP contribution in [0.3, 0.4) is 0 Å². The first kappa shape index (κ1) is 20.0. The van der Waals surface area contributed by atoms with Gasteiger partial charge in [0.15, 0.2) is 22.1 Å². The Kier molecular flexibility index (Phi) is 5.99. The van der Waals surface area contributed by atoms with Gasteiger partial charge in [0.1, 0.15) is 5.75 Å². The number of aromatic amines is 1. The maximum absolute atomic E-state index is 12.4. The van der Waals surface area contributed by atoms with Crippen LogP contribution in [0.25, 0.3) is 11.4 Å². The molecule has 0 atom stereocenters. The molecule has 0 spiro atoms. The van der Waals surface area contributed by atoms with Gasteiger partial charge in [-0.1, -0.05) is 6.07 Å². The third-order valence-electron chi connectivity index (χ3n) is 4.67. The zero-order chi connectivity index (χ0) is 20.9. The van der Waals surface area contributed by atoms with Crippen LogP contribution in [-0.4, -0.2) is 34.1 Å². The van der Waals surface area contributed by atoms with Gasteiger partial charge in [-0.05, 0) is 61.1 Å². The van der Waals surface area contributed by atoms with E-state index >= 15 is 0 Å². The maximum Gasteiger partial charge on any atom is 0.231 e. The van der Waals surface area contributed by atoms with Crippen LogP contribution in [0.15, 0.2) is 42.5 Å². The van der Waals surface area contributed by atoms with E-state index in [0.717, 1.165) is 22.6 Å². The molecule has 3 aromatic rings. The van der Waals surface area contributed by atoms with Crippen molar-refractivity contribution in [3.63, 3.8) is 0 Å². The van der Waals surface area contributed by atoms with Gasteiger partial charge in [-0.25, -0.2) is 0 Å². The minimum absolute atomic E-state index is 0.0755. The number of ether oxygens (including phenoxy) is 3. The summed E-state index contributed by atoms with van der Waals surface area (Å²) >= 11 is 5.34. The van der Waals surface area contributed by atoms with E-state index in [-0.39, 0.29) is 19.1 Å². The molecule has 9 heteroatoms. The average molecular weight is 426 g/mol. The Labute approximate surface area is 178 Å². The van der Waals surface area contributed by atoms with Crippen LogP contribution >= 0.6 is 12.2 Å². The number of hydrogen-bond acceptors (Lipinski definition) is 6. The monoisotopic (exact) mass is 426 g/mol. The van der Waals surface area contributed by atoms with Gasteiger partial charge in [0.05, 0.1) is 6.61 Å². The Morgan fingerprint density at radius 2 is 2.03 bits per heavy atom. The SMILES string of the molecule is CCOc1ccc(-c2n[nH]c(=S)n2CCC(=O)NCc2ccc3c(c2)OCO3)cc1. The smallest absolute Gasteiger partial charge is 0.231 e. The van der Waals surface area contributed by atoms with E-state index in [0.29, 0.717) is 36.0 Å². The molecule has 2 aromatic carbocycles. The van der Waals surface area contributed by atoms with E-state index in [1.807, 2.05) is 54.0 Å². The molecule has 0 saturated carbocycles. The fraction of sp³-hybridized carbons (Fsp3) is 0.286. The summed E-state index contributed by atoms with van der Waals surface area (Å²) in [4.78, 5) is 12.4. The highest BCUT2D eigenvalue weighted by Crippen LogP contribution is 2.32.